The Bertz CT molecular complexity index is 478. The molecule has 0 unspecified atom stereocenters. The summed E-state index contributed by atoms with van der Waals surface area (Å²) in [5.74, 6) is 1.59. The van der Waals surface area contributed by atoms with Crippen molar-refractivity contribution in [2.45, 2.75) is 38.6 Å². The Balaban J connectivity index is 1.72. The van der Waals surface area contributed by atoms with Gasteiger partial charge in [-0.1, -0.05) is 0 Å². The zero-order valence-corrected chi connectivity index (χ0v) is 11.7. The van der Waals surface area contributed by atoms with E-state index in [1.165, 1.54) is 25.7 Å². The minimum Gasteiger partial charge on any atom is -0.388 e. The van der Waals surface area contributed by atoms with E-state index in [9.17, 15) is 4.79 Å². The standard InChI is InChI=1S/C16H22N2O/c1-10-9-13(17-2)7-8-14(10)16(19)18-15(11-3-4-11)12-5-6-12/h7-9,11-12,15,17H,3-6H2,1-2H3,(H,18,19). The Morgan fingerprint density at radius 2 is 1.84 bits per heavy atom. The molecule has 102 valence electrons. The van der Waals surface area contributed by atoms with Crippen LogP contribution in [0.2, 0.25) is 0 Å². The highest BCUT2D eigenvalue weighted by Gasteiger charge is 2.42. The summed E-state index contributed by atoms with van der Waals surface area (Å²) >= 11 is 0. The van der Waals surface area contributed by atoms with Gasteiger partial charge >= 0.3 is 0 Å². The Labute approximate surface area is 114 Å². The fraction of sp³-hybridized carbons (Fsp3) is 0.562. The maximum Gasteiger partial charge on any atom is 0.251 e. The molecule has 2 saturated carbocycles. The summed E-state index contributed by atoms with van der Waals surface area (Å²) < 4.78 is 0. The lowest BCUT2D eigenvalue weighted by Gasteiger charge is -2.18. The minimum absolute atomic E-state index is 0.101. The molecule has 3 nitrogen and oxygen atoms in total. The van der Waals surface area contributed by atoms with Crippen LogP contribution in [-0.2, 0) is 0 Å². The summed E-state index contributed by atoms with van der Waals surface area (Å²) in [6, 6.07) is 6.34. The van der Waals surface area contributed by atoms with Gasteiger partial charge in [-0.3, -0.25) is 4.79 Å². The zero-order valence-electron chi connectivity index (χ0n) is 11.7. The molecule has 3 rings (SSSR count). The number of anilines is 1. The van der Waals surface area contributed by atoms with Gasteiger partial charge in [0.05, 0.1) is 0 Å². The van der Waals surface area contributed by atoms with Crippen molar-refractivity contribution in [2.75, 3.05) is 12.4 Å². The summed E-state index contributed by atoms with van der Waals surface area (Å²) in [4.78, 5) is 12.4. The average Bonchev–Trinajstić information content (AvgIpc) is 3.28. The highest BCUT2D eigenvalue weighted by molar-refractivity contribution is 5.96. The van der Waals surface area contributed by atoms with Gasteiger partial charge in [0.2, 0.25) is 0 Å². The van der Waals surface area contributed by atoms with E-state index in [0.29, 0.717) is 6.04 Å². The van der Waals surface area contributed by atoms with Crippen molar-refractivity contribution in [1.29, 1.82) is 0 Å². The van der Waals surface area contributed by atoms with Crippen LogP contribution in [0.15, 0.2) is 18.2 Å². The number of hydrogen-bond donors (Lipinski definition) is 2. The van der Waals surface area contributed by atoms with Crippen LogP contribution in [0, 0.1) is 18.8 Å². The minimum atomic E-state index is 0.101. The molecule has 0 atom stereocenters. The summed E-state index contributed by atoms with van der Waals surface area (Å²) in [5, 5.41) is 6.38. The summed E-state index contributed by atoms with van der Waals surface area (Å²) in [5.41, 5.74) is 2.90. The Morgan fingerprint density at radius 3 is 2.32 bits per heavy atom. The third-order valence-electron chi connectivity index (χ3n) is 4.32. The van der Waals surface area contributed by atoms with Gasteiger partial charge in [0.15, 0.2) is 0 Å². The SMILES string of the molecule is CNc1ccc(C(=O)NC(C2CC2)C2CC2)c(C)c1. The lowest BCUT2D eigenvalue weighted by Crippen LogP contribution is -2.38. The van der Waals surface area contributed by atoms with Gasteiger partial charge in [-0.25, -0.2) is 0 Å². The highest BCUT2D eigenvalue weighted by Crippen LogP contribution is 2.44. The molecule has 1 aromatic carbocycles. The van der Waals surface area contributed by atoms with Gasteiger partial charge in [-0.05, 0) is 68.2 Å². The van der Waals surface area contributed by atoms with Crippen LogP contribution in [-0.4, -0.2) is 19.0 Å². The third kappa shape index (κ3) is 2.75. The van der Waals surface area contributed by atoms with Crippen LogP contribution in [0.1, 0.15) is 41.6 Å². The number of aryl methyl sites for hydroxylation is 1. The molecule has 2 aliphatic rings. The Kier molecular flexibility index (Phi) is 3.21. The van der Waals surface area contributed by atoms with Crippen molar-refractivity contribution in [3.63, 3.8) is 0 Å². The second-order valence-electron chi connectivity index (χ2n) is 5.95. The van der Waals surface area contributed by atoms with Crippen molar-refractivity contribution >= 4 is 11.6 Å². The third-order valence-corrected chi connectivity index (χ3v) is 4.32. The van der Waals surface area contributed by atoms with Crippen molar-refractivity contribution in [3.8, 4) is 0 Å². The van der Waals surface area contributed by atoms with Crippen molar-refractivity contribution in [1.82, 2.24) is 5.32 Å². The molecular weight excluding hydrogens is 236 g/mol. The monoisotopic (exact) mass is 258 g/mol. The van der Waals surface area contributed by atoms with Crippen molar-refractivity contribution in [2.24, 2.45) is 11.8 Å². The molecule has 3 heteroatoms. The molecule has 0 spiro atoms. The molecule has 0 aromatic heterocycles. The quantitative estimate of drug-likeness (QED) is 0.852. The number of amides is 1. The number of rotatable bonds is 5. The second kappa shape index (κ2) is 4.87. The lowest BCUT2D eigenvalue weighted by atomic mass is 10.0. The van der Waals surface area contributed by atoms with E-state index in [2.05, 4.69) is 10.6 Å². The van der Waals surface area contributed by atoms with Crippen LogP contribution >= 0.6 is 0 Å². The normalized spacial score (nSPS) is 18.5. The van der Waals surface area contributed by atoms with Crippen LogP contribution < -0.4 is 10.6 Å². The van der Waals surface area contributed by atoms with E-state index in [1.807, 2.05) is 32.2 Å². The molecule has 2 fully saturated rings. The van der Waals surface area contributed by atoms with Gasteiger partial charge in [0.1, 0.15) is 0 Å². The molecule has 0 radical (unpaired) electrons. The molecule has 2 aliphatic carbocycles. The number of hydrogen-bond acceptors (Lipinski definition) is 2. The summed E-state index contributed by atoms with van der Waals surface area (Å²) in [6.07, 6.45) is 5.16. The average molecular weight is 258 g/mol. The Morgan fingerprint density at radius 1 is 1.21 bits per heavy atom. The van der Waals surface area contributed by atoms with E-state index in [1.54, 1.807) is 0 Å². The van der Waals surface area contributed by atoms with Crippen LogP contribution in [0.5, 0.6) is 0 Å². The lowest BCUT2D eigenvalue weighted by molar-refractivity contribution is 0.0925. The van der Waals surface area contributed by atoms with E-state index in [0.717, 1.165) is 28.7 Å². The maximum absolute atomic E-state index is 12.4. The molecular formula is C16H22N2O. The highest BCUT2D eigenvalue weighted by atomic mass is 16.1. The molecule has 1 amide bonds. The molecule has 0 bridgehead atoms. The number of benzene rings is 1. The fourth-order valence-corrected chi connectivity index (χ4v) is 2.83. The zero-order chi connectivity index (χ0) is 13.4. The van der Waals surface area contributed by atoms with E-state index in [-0.39, 0.29) is 5.91 Å². The number of carbonyl (C=O) groups is 1. The predicted molar refractivity (Wildman–Crippen MR) is 77.4 cm³/mol. The van der Waals surface area contributed by atoms with Gasteiger partial charge < -0.3 is 10.6 Å². The first kappa shape index (κ1) is 12.5. The summed E-state index contributed by atoms with van der Waals surface area (Å²) in [7, 11) is 1.89. The van der Waals surface area contributed by atoms with Crippen molar-refractivity contribution < 1.29 is 4.79 Å². The Hall–Kier alpha value is -1.51. The molecule has 0 heterocycles. The van der Waals surface area contributed by atoms with Crippen molar-refractivity contribution in [3.05, 3.63) is 29.3 Å². The first-order valence-electron chi connectivity index (χ1n) is 7.28. The molecule has 2 N–H and O–H groups in total. The molecule has 0 aliphatic heterocycles. The van der Waals surface area contributed by atoms with E-state index < -0.39 is 0 Å². The van der Waals surface area contributed by atoms with Crippen LogP contribution in [0.4, 0.5) is 5.69 Å². The van der Waals surface area contributed by atoms with Gasteiger partial charge in [-0.15, -0.1) is 0 Å². The van der Waals surface area contributed by atoms with E-state index >= 15 is 0 Å². The fourth-order valence-electron chi connectivity index (χ4n) is 2.83. The predicted octanol–water partition coefficient (Wildman–Crippen LogP) is 2.96. The largest absolute Gasteiger partial charge is 0.388 e. The molecule has 0 saturated heterocycles. The number of carbonyl (C=O) groups excluding carboxylic acids is 1. The maximum atomic E-state index is 12.4. The topological polar surface area (TPSA) is 41.1 Å². The second-order valence-corrected chi connectivity index (χ2v) is 5.95. The van der Waals surface area contributed by atoms with Crippen LogP contribution in [0.25, 0.3) is 0 Å². The van der Waals surface area contributed by atoms with Gasteiger partial charge in [0.25, 0.3) is 5.91 Å². The smallest absolute Gasteiger partial charge is 0.251 e. The van der Waals surface area contributed by atoms with Gasteiger partial charge in [-0.2, -0.15) is 0 Å². The molecule has 19 heavy (non-hydrogen) atoms. The molecule has 1 aromatic rings. The number of nitrogens with one attached hydrogen (secondary N) is 2. The summed E-state index contributed by atoms with van der Waals surface area (Å²) in [6.45, 7) is 2.00. The van der Waals surface area contributed by atoms with Gasteiger partial charge in [0, 0.05) is 24.3 Å². The first-order valence-corrected chi connectivity index (χ1v) is 7.28. The van der Waals surface area contributed by atoms with Crippen LogP contribution in [0.3, 0.4) is 0 Å². The van der Waals surface area contributed by atoms with E-state index in [4.69, 9.17) is 0 Å². The first-order chi connectivity index (χ1) is 9.19.